The third-order valence-corrected chi connectivity index (χ3v) is 1.94. The number of rotatable bonds is 6. The minimum atomic E-state index is -0.575. The molecule has 1 amide bonds. The standard InChI is InChI=1S/C10H16ClN3O2/c1-10(2,7-15)14-6-8(5-12)9(16)13-4-3-11/h6,14-15H,3-4,7H2,1-2H3,(H,13,16)/b8-6-. The van der Waals surface area contributed by atoms with E-state index in [4.69, 9.17) is 22.0 Å². The molecule has 0 atom stereocenters. The summed E-state index contributed by atoms with van der Waals surface area (Å²) in [4.78, 5) is 11.4. The molecule has 0 aromatic heterocycles. The number of alkyl halides is 1. The number of carbonyl (C=O) groups excluding carboxylic acids is 1. The van der Waals surface area contributed by atoms with Crippen molar-refractivity contribution in [1.82, 2.24) is 10.6 Å². The Kier molecular flexibility index (Phi) is 6.54. The summed E-state index contributed by atoms with van der Waals surface area (Å²) < 4.78 is 0. The fourth-order valence-electron chi connectivity index (χ4n) is 0.718. The second-order valence-corrected chi connectivity index (χ2v) is 4.18. The largest absolute Gasteiger partial charge is 0.394 e. The summed E-state index contributed by atoms with van der Waals surface area (Å²) in [5.41, 5.74) is -0.624. The molecule has 5 nitrogen and oxygen atoms in total. The normalized spacial score (nSPS) is 11.8. The van der Waals surface area contributed by atoms with Crippen LogP contribution >= 0.6 is 11.6 Å². The minimum absolute atomic E-state index is 0.0494. The van der Waals surface area contributed by atoms with Gasteiger partial charge in [-0.25, -0.2) is 0 Å². The molecule has 3 N–H and O–H groups in total. The van der Waals surface area contributed by atoms with Crippen molar-refractivity contribution in [2.45, 2.75) is 19.4 Å². The fourth-order valence-corrected chi connectivity index (χ4v) is 0.812. The number of nitrogens with one attached hydrogen (secondary N) is 2. The van der Waals surface area contributed by atoms with Gasteiger partial charge in [0.15, 0.2) is 0 Å². The molecule has 0 aromatic rings. The van der Waals surface area contributed by atoms with Gasteiger partial charge in [-0.3, -0.25) is 4.79 Å². The van der Waals surface area contributed by atoms with Crippen LogP contribution in [0, 0.1) is 11.3 Å². The monoisotopic (exact) mass is 245 g/mol. The molecule has 16 heavy (non-hydrogen) atoms. The lowest BCUT2D eigenvalue weighted by atomic mass is 10.1. The van der Waals surface area contributed by atoms with Crippen LogP contribution in [0.3, 0.4) is 0 Å². The number of hydrogen-bond donors (Lipinski definition) is 3. The van der Waals surface area contributed by atoms with Crippen molar-refractivity contribution in [3.05, 3.63) is 11.8 Å². The Morgan fingerprint density at radius 2 is 2.25 bits per heavy atom. The van der Waals surface area contributed by atoms with E-state index in [0.717, 1.165) is 0 Å². The smallest absolute Gasteiger partial charge is 0.263 e. The predicted molar refractivity (Wildman–Crippen MR) is 61.7 cm³/mol. The van der Waals surface area contributed by atoms with Crippen molar-refractivity contribution < 1.29 is 9.90 Å². The van der Waals surface area contributed by atoms with Gasteiger partial charge in [0.25, 0.3) is 5.91 Å². The summed E-state index contributed by atoms with van der Waals surface area (Å²) in [5.74, 6) is -0.190. The highest BCUT2D eigenvalue weighted by molar-refractivity contribution is 6.18. The van der Waals surface area contributed by atoms with Crippen LogP contribution in [0.25, 0.3) is 0 Å². The van der Waals surface area contributed by atoms with Gasteiger partial charge in [0, 0.05) is 18.6 Å². The predicted octanol–water partition coefficient (Wildman–Crippen LogP) is 0.109. The Hall–Kier alpha value is -1.25. The average molecular weight is 246 g/mol. The van der Waals surface area contributed by atoms with Crippen LogP contribution in [0.2, 0.25) is 0 Å². The van der Waals surface area contributed by atoms with Gasteiger partial charge in [0.1, 0.15) is 11.6 Å². The summed E-state index contributed by atoms with van der Waals surface area (Å²) in [6.07, 6.45) is 1.29. The van der Waals surface area contributed by atoms with E-state index in [2.05, 4.69) is 10.6 Å². The molecule has 0 heterocycles. The lowest BCUT2D eigenvalue weighted by molar-refractivity contribution is -0.117. The van der Waals surface area contributed by atoms with Gasteiger partial charge >= 0.3 is 0 Å². The number of hydrogen-bond acceptors (Lipinski definition) is 4. The van der Waals surface area contributed by atoms with Crippen LogP contribution < -0.4 is 10.6 Å². The molecule has 90 valence electrons. The van der Waals surface area contributed by atoms with Crippen LogP contribution in [0.15, 0.2) is 11.8 Å². The number of aliphatic hydroxyl groups excluding tert-OH is 1. The third kappa shape index (κ3) is 5.59. The van der Waals surface area contributed by atoms with Crippen molar-refractivity contribution in [3.8, 4) is 6.07 Å². The number of amides is 1. The molecular weight excluding hydrogens is 230 g/mol. The first-order valence-electron chi connectivity index (χ1n) is 4.80. The number of nitriles is 1. The molecule has 0 unspecified atom stereocenters. The van der Waals surface area contributed by atoms with Crippen LogP contribution in [0.4, 0.5) is 0 Å². The van der Waals surface area contributed by atoms with E-state index in [0.29, 0.717) is 12.4 Å². The zero-order valence-corrected chi connectivity index (χ0v) is 10.1. The van der Waals surface area contributed by atoms with Gasteiger partial charge in [-0.05, 0) is 13.8 Å². The average Bonchev–Trinajstić information content (AvgIpc) is 2.27. The van der Waals surface area contributed by atoms with Crippen LogP contribution in [-0.2, 0) is 4.79 Å². The van der Waals surface area contributed by atoms with Crippen molar-refractivity contribution in [1.29, 1.82) is 5.26 Å². The molecule has 0 aliphatic rings. The van der Waals surface area contributed by atoms with Gasteiger partial charge in [-0.15, -0.1) is 11.6 Å². The number of carbonyl (C=O) groups is 1. The molecule has 0 radical (unpaired) electrons. The topological polar surface area (TPSA) is 85.2 Å². The van der Waals surface area contributed by atoms with E-state index >= 15 is 0 Å². The Labute approximate surface area is 100 Å². The summed E-state index contributed by atoms with van der Waals surface area (Å²) in [7, 11) is 0. The Morgan fingerprint density at radius 3 is 2.69 bits per heavy atom. The number of nitrogens with zero attached hydrogens (tertiary/aromatic N) is 1. The fraction of sp³-hybridized carbons (Fsp3) is 0.600. The van der Waals surface area contributed by atoms with E-state index in [9.17, 15) is 4.79 Å². The molecule has 0 bridgehead atoms. The molecule has 0 aliphatic carbocycles. The van der Waals surface area contributed by atoms with E-state index in [1.54, 1.807) is 19.9 Å². The second-order valence-electron chi connectivity index (χ2n) is 3.80. The van der Waals surface area contributed by atoms with Crippen molar-refractivity contribution >= 4 is 17.5 Å². The van der Waals surface area contributed by atoms with Gasteiger partial charge in [0.05, 0.1) is 12.1 Å². The lowest BCUT2D eigenvalue weighted by Crippen LogP contribution is -2.40. The molecule has 0 saturated heterocycles. The van der Waals surface area contributed by atoms with Gasteiger partial charge < -0.3 is 15.7 Å². The van der Waals surface area contributed by atoms with Gasteiger partial charge in [-0.1, -0.05) is 0 Å². The molecule has 0 saturated carbocycles. The van der Waals surface area contributed by atoms with Crippen molar-refractivity contribution in [2.75, 3.05) is 19.0 Å². The van der Waals surface area contributed by atoms with Crippen molar-refractivity contribution in [3.63, 3.8) is 0 Å². The molecule has 0 rings (SSSR count). The summed E-state index contributed by atoms with van der Waals surface area (Å²) in [6.45, 7) is 3.69. The number of aliphatic hydroxyl groups is 1. The van der Waals surface area contributed by atoms with E-state index in [-0.39, 0.29) is 12.2 Å². The highest BCUT2D eigenvalue weighted by atomic mass is 35.5. The minimum Gasteiger partial charge on any atom is -0.394 e. The molecular formula is C10H16ClN3O2. The van der Waals surface area contributed by atoms with E-state index in [1.165, 1.54) is 6.20 Å². The Morgan fingerprint density at radius 1 is 1.62 bits per heavy atom. The van der Waals surface area contributed by atoms with Crippen LogP contribution in [0.5, 0.6) is 0 Å². The number of halogens is 1. The molecule has 0 aliphatic heterocycles. The van der Waals surface area contributed by atoms with Gasteiger partial charge in [0.2, 0.25) is 0 Å². The molecule has 6 heteroatoms. The second kappa shape index (κ2) is 7.09. The highest BCUT2D eigenvalue weighted by Crippen LogP contribution is 2.01. The molecule has 0 aromatic carbocycles. The molecule has 0 fully saturated rings. The maximum Gasteiger partial charge on any atom is 0.263 e. The summed E-state index contributed by atoms with van der Waals surface area (Å²) in [6, 6.07) is 1.77. The van der Waals surface area contributed by atoms with Crippen LogP contribution in [-0.4, -0.2) is 35.6 Å². The zero-order chi connectivity index (χ0) is 12.6. The SMILES string of the molecule is CC(C)(CO)N/C=C(/C#N)C(=O)NCCCl. The van der Waals surface area contributed by atoms with Crippen molar-refractivity contribution in [2.24, 2.45) is 0 Å². The highest BCUT2D eigenvalue weighted by Gasteiger charge is 2.15. The first-order chi connectivity index (χ1) is 7.46. The summed E-state index contributed by atoms with van der Waals surface area (Å²) in [5, 5.41) is 23.0. The maximum atomic E-state index is 11.4. The first-order valence-corrected chi connectivity index (χ1v) is 5.33. The van der Waals surface area contributed by atoms with E-state index in [1.807, 2.05) is 0 Å². The lowest BCUT2D eigenvalue weighted by Gasteiger charge is -2.22. The maximum absolute atomic E-state index is 11.4. The van der Waals surface area contributed by atoms with Gasteiger partial charge in [-0.2, -0.15) is 5.26 Å². The first kappa shape index (κ1) is 14.8. The Bertz CT molecular complexity index is 308. The Balaban J connectivity index is 4.45. The molecule has 0 spiro atoms. The van der Waals surface area contributed by atoms with Crippen LogP contribution in [0.1, 0.15) is 13.8 Å². The zero-order valence-electron chi connectivity index (χ0n) is 9.38. The third-order valence-electron chi connectivity index (χ3n) is 1.75. The quantitative estimate of drug-likeness (QED) is 0.352. The summed E-state index contributed by atoms with van der Waals surface area (Å²) >= 11 is 5.40. The van der Waals surface area contributed by atoms with E-state index < -0.39 is 11.4 Å².